The van der Waals surface area contributed by atoms with Crippen LogP contribution in [0.4, 0.5) is 0 Å². The highest BCUT2D eigenvalue weighted by Crippen LogP contribution is 2.21. The summed E-state index contributed by atoms with van der Waals surface area (Å²) in [6.07, 6.45) is 4.13. The zero-order valence-electron chi connectivity index (χ0n) is 8.07. The van der Waals surface area contributed by atoms with E-state index in [4.69, 9.17) is 14.6 Å². The van der Waals surface area contributed by atoms with Crippen molar-refractivity contribution in [2.45, 2.75) is 19.4 Å². The molecule has 2 rings (SSSR count). The van der Waals surface area contributed by atoms with Gasteiger partial charge in [0.2, 0.25) is 0 Å². The van der Waals surface area contributed by atoms with E-state index in [9.17, 15) is 0 Å². The lowest BCUT2D eigenvalue weighted by atomic mass is 10.1. The molecule has 1 atom stereocenters. The first-order chi connectivity index (χ1) is 6.81. The molecule has 3 nitrogen and oxygen atoms in total. The molecular formula is C11H13NO2. The van der Waals surface area contributed by atoms with Crippen molar-refractivity contribution < 1.29 is 8.83 Å². The zero-order chi connectivity index (χ0) is 9.97. The van der Waals surface area contributed by atoms with Gasteiger partial charge >= 0.3 is 0 Å². The summed E-state index contributed by atoms with van der Waals surface area (Å²) in [6, 6.07) is 5.49. The van der Waals surface area contributed by atoms with Crippen LogP contribution < -0.4 is 5.73 Å². The van der Waals surface area contributed by atoms with Crippen LogP contribution in [-0.4, -0.2) is 0 Å². The van der Waals surface area contributed by atoms with E-state index < -0.39 is 0 Å². The quantitative estimate of drug-likeness (QED) is 0.810. The van der Waals surface area contributed by atoms with Crippen LogP contribution in [0.2, 0.25) is 0 Å². The second-order valence-electron chi connectivity index (χ2n) is 3.19. The van der Waals surface area contributed by atoms with E-state index in [1.54, 1.807) is 12.5 Å². The molecule has 2 N–H and O–H groups in total. The topological polar surface area (TPSA) is 52.3 Å². The second kappa shape index (κ2) is 3.72. The average molecular weight is 191 g/mol. The summed E-state index contributed by atoms with van der Waals surface area (Å²) in [5.74, 6) is 1.74. The van der Waals surface area contributed by atoms with E-state index in [2.05, 4.69) is 0 Å². The number of aryl methyl sites for hydroxylation is 1. The third kappa shape index (κ3) is 1.59. The Morgan fingerprint density at radius 1 is 1.36 bits per heavy atom. The minimum atomic E-state index is -0.228. The highest BCUT2D eigenvalue weighted by Gasteiger charge is 2.13. The zero-order valence-corrected chi connectivity index (χ0v) is 8.07. The molecule has 0 saturated heterocycles. The van der Waals surface area contributed by atoms with Gasteiger partial charge in [-0.25, -0.2) is 0 Å². The molecule has 1 unspecified atom stereocenters. The van der Waals surface area contributed by atoms with Crippen LogP contribution >= 0.6 is 0 Å². The van der Waals surface area contributed by atoms with Crippen molar-refractivity contribution in [2.24, 2.45) is 5.73 Å². The molecule has 0 amide bonds. The molecule has 0 aliphatic heterocycles. The van der Waals surface area contributed by atoms with Crippen LogP contribution in [-0.2, 0) is 6.42 Å². The molecular weight excluding hydrogens is 178 g/mol. The predicted molar refractivity (Wildman–Crippen MR) is 52.8 cm³/mol. The van der Waals surface area contributed by atoms with Crippen LogP contribution in [0.15, 0.2) is 39.6 Å². The van der Waals surface area contributed by atoms with Crippen LogP contribution in [0.1, 0.15) is 30.0 Å². The van der Waals surface area contributed by atoms with Crippen LogP contribution in [0.5, 0.6) is 0 Å². The van der Waals surface area contributed by atoms with Gasteiger partial charge in [0.25, 0.3) is 0 Å². The first kappa shape index (κ1) is 9.09. The molecule has 74 valence electrons. The maximum atomic E-state index is 5.98. The molecule has 3 heteroatoms. The highest BCUT2D eigenvalue weighted by molar-refractivity contribution is 5.23. The summed E-state index contributed by atoms with van der Waals surface area (Å²) in [5.41, 5.74) is 6.91. The van der Waals surface area contributed by atoms with Crippen LogP contribution in [0.25, 0.3) is 0 Å². The molecule has 2 heterocycles. The lowest BCUT2D eigenvalue weighted by molar-refractivity contribution is 0.452. The summed E-state index contributed by atoms with van der Waals surface area (Å²) in [4.78, 5) is 0. The summed E-state index contributed by atoms with van der Waals surface area (Å²) >= 11 is 0. The maximum Gasteiger partial charge on any atom is 0.125 e. The number of furan rings is 2. The Labute approximate surface area is 82.5 Å². The monoisotopic (exact) mass is 191 g/mol. The van der Waals surface area contributed by atoms with E-state index in [1.807, 2.05) is 25.1 Å². The Balaban J connectivity index is 2.23. The molecule has 14 heavy (non-hydrogen) atoms. The molecule has 2 aromatic heterocycles. The van der Waals surface area contributed by atoms with Crippen molar-refractivity contribution in [3.8, 4) is 0 Å². The molecule has 0 bridgehead atoms. The Hall–Kier alpha value is -1.48. The average Bonchev–Trinajstić information content (AvgIpc) is 2.88. The Bertz CT molecular complexity index is 389. The fourth-order valence-corrected chi connectivity index (χ4v) is 1.37. The van der Waals surface area contributed by atoms with E-state index in [1.165, 1.54) is 0 Å². The van der Waals surface area contributed by atoms with Gasteiger partial charge in [-0.2, -0.15) is 0 Å². The Kier molecular flexibility index (Phi) is 2.41. The maximum absolute atomic E-state index is 5.98. The first-order valence-corrected chi connectivity index (χ1v) is 4.67. The van der Waals surface area contributed by atoms with E-state index in [0.29, 0.717) is 0 Å². The smallest absolute Gasteiger partial charge is 0.125 e. The van der Waals surface area contributed by atoms with Gasteiger partial charge in [0.15, 0.2) is 0 Å². The molecule has 0 aromatic carbocycles. The predicted octanol–water partition coefficient (Wildman–Crippen LogP) is 2.48. The number of hydrogen-bond donors (Lipinski definition) is 1. The lowest BCUT2D eigenvalue weighted by Gasteiger charge is -2.04. The number of hydrogen-bond acceptors (Lipinski definition) is 3. The summed E-state index contributed by atoms with van der Waals surface area (Å²) in [7, 11) is 0. The Morgan fingerprint density at radius 2 is 2.21 bits per heavy atom. The number of nitrogens with two attached hydrogens (primary N) is 1. The van der Waals surface area contributed by atoms with Crippen LogP contribution in [0, 0.1) is 0 Å². The fourth-order valence-electron chi connectivity index (χ4n) is 1.37. The largest absolute Gasteiger partial charge is 0.472 e. The van der Waals surface area contributed by atoms with Gasteiger partial charge < -0.3 is 14.6 Å². The molecule has 0 aliphatic rings. The normalized spacial score (nSPS) is 13.0. The van der Waals surface area contributed by atoms with Gasteiger partial charge in [-0.15, -0.1) is 0 Å². The van der Waals surface area contributed by atoms with Gasteiger partial charge in [-0.05, 0) is 18.2 Å². The second-order valence-corrected chi connectivity index (χ2v) is 3.19. The molecule has 0 spiro atoms. The highest BCUT2D eigenvalue weighted by atomic mass is 16.3. The van der Waals surface area contributed by atoms with Gasteiger partial charge in [0.05, 0.1) is 18.6 Å². The molecule has 0 fully saturated rings. The molecule has 0 aliphatic carbocycles. The van der Waals surface area contributed by atoms with Crippen molar-refractivity contribution >= 4 is 0 Å². The minimum Gasteiger partial charge on any atom is -0.472 e. The number of rotatable bonds is 3. The third-order valence-electron chi connectivity index (χ3n) is 2.24. The van der Waals surface area contributed by atoms with Gasteiger partial charge in [0, 0.05) is 12.0 Å². The van der Waals surface area contributed by atoms with Gasteiger partial charge in [-0.1, -0.05) is 6.92 Å². The van der Waals surface area contributed by atoms with Crippen molar-refractivity contribution in [1.29, 1.82) is 0 Å². The summed E-state index contributed by atoms with van der Waals surface area (Å²) in [6.45, 7) is 2.05. The Morgan fingerprint density at radius 3 is 2.79 bits per heavy atom. The van der Waals surface area contributed by atoms with Crippen molar-refractivity contribution in [3.05, 3.63) is 47.8 Å². The van der Waals surface area contributed by atoms with Crippen molar-refractivity contribution in [2.75, 3.05) is 0 Å². The molecule has 2 aromatic rings. The van der Waals surface area contributed by atoms with Crippen LogP contribution in [0.3, 0.4) is 0 Å². The molecule has 0 radical (unpaired) electrons. The fraction of sp³-hybridized carbons (Fsp3) is 0.273. The van der Waals surface area contributed by atoms with Gasteiger partial charge in [-0.3, -0.25) is 0 Å². The third-order valence-corrected chi connectivity index (χ3v) is 2.24. The summed E-state index contributed by atoms with van der Waals surface area (Å²) in [5, 5.41) is 0. The van der Waals surface area contributed by atoms with Crippen molar-refractivity contribution in [3.63, 3.8) is 0 Å². The van der Waals surface area contributed by atoms with E-state index >= 15 is 0 Å². The van der Waals surface area contributed by atoms with Crippen molar-refractivity contribution in [1.82, 2.24) is 0 Å². The first-order valence-electron chi connectivity index (χ1n) is 4.67. The SMILES string of the molecule is CCc1ccc(C(N)c2ccoc2)o1. The molecule has 0 saturated carbocycles. The lowest BCUT2D eigenvalue weighted by Crippen LogP contribution is -2.09. The van der Waals surface area contributed by atoms with E-state index in [-0.39, 0.29) is 6.04 Å². The summed E-state index contributed by atoms with van der Waals surface area (Å²) < 4.78 is 10.5. The standard InChI is InChI=1S/C11H13NO2/c1-2-9-3-4-10(14-9)11(12)8-5-6-13-7-8/h3-7,11H,2,12H2,1H3. The minimum absolute atomic E-state index is 0.228. The van der Waals surface area contributed by atoms with E-state index in [0.717, 1.165) is 23.5 Å². The van der Waals surface area contributed by atoms with Gasteiger partial charge in [0.1, 0.15) is 11.5 Å².